The molecule has 0 saturated carbocycles. The molecule has 1 fully saturated rings. The summed E-state index contributed by atoms with van der Waals surface area (Å²) in [7, 11) is 0. The van der Waals surface area contributed by atoms with Crippen LogP contribution in [0.4, 0.5) is 5.69 Å². The summed E-state index contributed by atoms with van der Waals surface area (Å²) in [5.41, 5.74) is 2.18. The molecule has 1 aliphatic heterocycles. The standard InChI is InChI=1S/C17H18ClN3O/c18-15-3-5-16(6-4-15)20-9-11-21(12-10-20)19-13-14-1-7-17(22)8-2-14/h1-8,13,22H,9-12H2/b19-13+. The second-order valence-electron chi connectivity index (χ2n) is 5.25. The van der Waals surface area contributed by atoms with Gasteiger partial charge in [0.2, 0.25) is 0 Å². The number of phenols is 1. The summed E-state index contributed by atoms with van der Waals surface area (Å²) in [6, 6.07) is 15.0. The first kappa shape index (κ1) is 14.7. The van der Waals surface area contributed by atoms with Gasteiger partial charge >= 0.3 is 0 Å². The minimum Gasteiger partial charge on any atom is -0.508 e. The van der Waals surface area contributed by atoms with Gasteiger partial charge in [0.1, 0.15) is 5.75 Å². The highest BCUT2D eigenvalue weighted by Gasteiger charge is 2.15. The van der Waals surface area contributed by atoms with Gasteiger partial charge in [0, 0.05) is 23.8 Å². The first-order valence-electron chi connectivity index (χ1n) is 7.29. The maximum atomic E-state index is 9.26. The number of rotatable bonds is 3. The molecule has 2 aromatic carbocycles. The molecule has 0 aromatic heterocycles. The third-order valence-electron chi connectivity index (χ3n) is 3.71. The predicted octanol–water partition coefficient (Wildman–Crippen LogP) is 3.20. The Morgan fingerprint density at radius 2 is 1.55 bits per heavy atom. The minimum absolute atomic E-state index is 0.272. The first-order valence-corrected chi connectivity index (χ1v) is 7.67. The number of halogens is 1. The topological polar surface area (TPSA) is 39.1 Å². The number of aromatic hydroxyl groups is 1. The van der Waals surface area contributed by atoms with Crippen molar-refractivity contribution in [2.24, 2.45) is 5.10 Å². The van der Waals surface area contributed by atoms with E-state index in [1.54, 1.807) is 12.1 Å². The molecule has 0 radical (unpaired) electrons. The quantitative estimate of drug-likeness (QED) is 0.884. The average Bonchev–Trinajstić information content (AvgIpc) is 2.56. The largest absolute Gasteiger partial charge is 0.508 e. The highest BCUT2D eigenvalue weighted by atomic mass is 35.5. The predicted molar refractivity (Wildman–Crippen MR) is 90.9 cm³/mol. The Labute approximate surface area is 135 Å². The van der Waals surface area contributed by atoms with Crippen molar-refractivity contribution >= 4 is 23.5 Å². The Hall–Kier alpha value is -2.20. The molecular weight excluding hydrogens is 298 g/mol. The molecule has 1 heterocycles. The van der Waals surface area contributed by atoms with Gasteiger partial charge in [-0.15, -0.1) is 0 Å². The van der Waals surface area contributed by atoms with Gasteiger partial charge in [-0.3, -0.25) is 5.01 Å². The third kappa shape index (κ3) is 3.71. The lowest BCUT2D eigenvalue weighted by molar-refractivity contribution is 0.272. The number of phenolic OH excluding ortho intramolecular Hbond substituents is 1. The Morgan fingerprint density at radius 1 is 0.909 bits per heavy atom. The van der Waals surface area contributed by atoms with Gasteiger partial charge in [0.15, 0.2) is 0 Å². The van der Waals surface area contributed by atoms with E-state index in [0.717, 1.165) is 36.8 Å². The van der Waals surface area contributed by atoms with E-state index in [0.29, 0.717) is 0 Å². The normalized spacial score (nSPS) is 15.5. The van der Waals surface area contributed by atoms with Gasteiger partial charge in [0.25, 0.3) is 0 Å². The maximum Gasteiger partial charge on any atom is 0.115 e. The molecule has 114 valence electrons. The molecule has 0 aliphatic carbocycles. The lowest BCUT2D eigenvalue weighted by Crippen LogP contribution is -2.44. The summed E-state index contributed by atoms with van der Waals surface area (Å²) in [6.45, 7) is 3.65. The van der Waals surface area contributed by atoms with Crippen LogP contribution in [0.1, 0.15) is 5.56 Å². The van der Waals surface area contributed by atoms with E-state index in [1.807, 2.05) is 30.5 Å². The maximum absolute atomic E-state index is 9.26. The van der Waals surface area contributed by atoms with Crippen LogP contribution >= 0.6 is 11.6 Å². The number of benzene rings is 2. The van der Waals surface area contributed by atoms with Gasteiger partial charge in [-0.05, 0) is 54.1 Å². The smallest absolute Gasteiger partial charge is 0.115 e. The van der Waals surface area contributed by atoms with Crippen molar-refractivity contribution in [1.82, 2.24) is 5.01 Å². The molecule has 3 rings (SSSR count). The third-order valence-corrected chi connectivity index (χ3v) is 3.96. The summed E-state index contributed by atoms with van der Waals surface area (Å²) >= 11 is 5.92. The zero-order chi connectivity index (χ0) is 15.4. The molecule has 0 atom stereocenters. The van der Waals surface area contributed by atoms with E-state index in [9.17, 15) is 5.11 Å². The van der Waals surface area contributed by atoms with Crippen molar-refractivity contribution in [1.29, 1.82) is 0 Å². The summed E-state index contributed by atoms with van der Waals surface area (Å²) < 4.78 is 0. The summed E-state index contributed by atoms with van der Waals surface area (Å²) in [5.74, 6) is 0.272. The van der Waals surface area contributed by atoms with Crippen molar-refractivity contribution in [3.8, 4) is 5.75 Å². The average molecular weight is 316 g/mol. The number of hydrogen-bond acceptors (Lipinski definition) is 4. The zero-order valence-corrected chi connectivity index (χ0v) is 12.9. The highest BCUT2D eigenvalue weighted by molar-refractivity contribution is 6.30. The molecule has 1 aliphatic rings. The van der Waals surface area contributed by atoms with Crippen LogP contribution in [0.15, 0.2) is 53.6 Å². The number of piperazine rings is 1. The van der Waals surface area contributed by atoms with Crippen molar-refractivity contribution in [2.75, 3.05) is 31.1 Å². The summed E-state index contributed by atoms with van der Waals surface area (Å²) in [5, 5.41) is 16.6. The fourth-order valence-corrected chi connectivity index (χ4v) is 2.56. The number of anilines is 1. The molecule has 5 heteroatoms. The zero-order valence-electron chi connectivity index (χ0n) is 12.2. The Kier molecular flexibility index (Phi) is 4.49. The SMILES string of the molecule is Oc1ccc(/C=N/N2CCN(c3ccc(Cl)cc3)CC2)cc1. The molecule has 1 N–H and O–H groups in total. The monoisotopic (exact) mass is 315 g/mol. The molecule has 2 aromatic rings. The van der Waals surface area contributed by atoms with Crippen molar-refractivity contribution in [2.45, 2.75) is 0 Å². The van der Waals surface area contributed by atoms with Crippen LogP contribution in [0.25, 0.3) is 0 Å². The van der Waals surface area contributed by atoms with Crippen LogP contribution in [0.5, 0.6) is 5.75 Å². The highest BCUT2D eigenvalue weighted by Crippen LogP contribution is 2.19. The Balaban J connectivity index is 1.55. The number of hydrazone groups is 1. The molecule has 4 nitrogen and oxygen atoms in total. The number of nitrogens with zero attached hydrogens (tertiary/aromatic N) is 3. The molecule has 0 bridgehead atoms. The fourth-order valence-electron chi connectivity index (χ4n) is 2.43. The Bertz CT molecular complexity index is 632. The van der Waals surface area contributed by atoms with Crippen LogP contribution in [0.3, 0.4) is 0 Å². The second kappa shape index (κ2) is 6.71. The van der Waals surface area contributed by atoms with E-state index in [1.165, 1.54) is 5.69 Å². The number of hydrogen-bond donors (Lipinski definition) is 1. The van der Waals surface area contributed by atoms with Crippen LogP contribution in [-0.2, 0) is 0 Å². The van der Waals surface area contributed by atoms with Gasteiger partial charge in [0.05, 0.1) is 19.3 Å². The van der Waals surface area contributed by atoms with E-state index in [2.05, 4.69) is 27.1 Å². The van der Waals surface area contributed by atoms with Gasteiger partial charge < -0.3 is 10.0 Å². The minimum atomic E-state index is 0.272. The first-order chi connectivity index (χ1) is 10.7. The molecule has 1 saturated heterocycles. The van der Waals surface area contributed by atoms with Crippen molar-refractivity contribution in [3.05, 3.63) is 59.1 Å². The van der Waals surface area contributed by atoms with E-state index >= 15 is 0 Å². The lowest BCUT2D eigenvalue weighted by atomic mass is 10.2. The van der Waals surface area contributed by atoms with Gasteiger partial charge in [-0.1, -0.05) is 11.6 Å². The van der Waals surface area contributed by atoms with Crippen molar-refractivity contribution < 1.29 is 5.11 Å². The van der Waals surface area contributed by atoms with Crippen LogP contribution < -0.4 is 4.90 Å². The molecular formula is C17H18ClN3O. The molecule has 0 unspecified atom stereocenters. The molecule has 0 amide bonds. The fraction of sp³-hybridized carbons (Fsp3) is 0.235. The van der Waals surface area contributed by atoms with Crippen LogP contribution in [-0.4, -0.2) is 42.5 Å². The van der Waals surface area contributed by atoms with Crippen molar-refractivity contribution in [3.63, 3.8) is 0 Å². The molecule has 0 spiro atoms. The van der Waals surface area contributed by atoms with Gasteiger partial charge in [-0.25, -0.2) is 0 Å². The van der Waals surface area contributed by atoms with E-state index < -0.39 is 0 Å². The van der Waals surface area contributed by atoms with Crippen LogP contribution in [0.2, 0.25) is 5.02 Å². The summed E-state index contributed by atoms with van der Waals surface area (Å²) in [6.07, 6.45) is 1.83. The summed E-state index contributed by atoms with van der Waals surface area (Å²) in [4.78, 5) is 2.34. The Morgan fingerprint density at radius 3 is 2.18 bits per heavy atom. The molecule has 22 heavy (non-hydrogen) atoms. The van der Waals surface area contributed by atoms with Crippen LogP contribution in [0, 0.1) is 0 Å². The van der Waals surface area contributed by atoms with E-state index in [-0.39, 0.29) is 5.75 Å². The van der Waals surface area contributed by atoms with E-state index in [4.69, 9.17) is 11.6 Å². The van der Waals surface area contributed by atoms with Gasteiger partial charge in [-0.2, -0.15) is 5.10 Å². The lowest BCUT2D eigenvalue weighted by Gasteiger charge is -2.34. The second-order valence-corrected chi connectivity index (χ2v) is 5.69.